The van der Waals surface area contributed by atoms with Crippen molar-refractivity contribution in [3.8, 4) is 0 Å². The largest absolute Gasteiger partial charge is 0.353 e. The second-order valence-corrected chi connectivity index (χ2v) is 5.10. The number of aryl methyl sites for hydroxylation is 1. The van der Waals surface area contributed by atoms with Gasteiger partial charge in [-0.15, -0.1) is 0 Å². The van der Waals surface area contributed by atoms with E-state index in [-0.39, 0.29) is 0 Å². The topological polar surface area (TPSA) is 49.3 Å². The highest BCUT2D eigenvalue weighted by molar-refractivity contribution is 5.81. The first-order chi connectivity index (χ1) is 8.74. The highest BCUT2D eigenvalue weighted by Gasteiger charge is 2.34. The van der Waals surface area contributed by atoms with Crippen LogP contribution in [0.2, 0.25) is 0 Å². The molecule has 5 heteroatoms. The highest BCUT2D eigenvalue weighted by atomic mass is 16.2. The van der Waals surface area contributed by atoms with Crippen molar-refractivity contribution in [1.29, 1.82) is 0 Å². The average Bonchev–Trinajstić information content (AvgIpc) is 3.22. The molecule has 1 saturated heterocycles. The Bertz CT molecular complexity index is 450. The van der Waals surface area contributed by atoms with E-state index < -0.39 is 0 Å². The summed E-state index contributed by atoms with van der Waals surface area (Å²) < 4.78 is 0. The number of nitrogens with zero attached hydrogens (tertiary/aromatic N) is 4. The number of anilines is 1. The van der Waals surface area contributed by atoms with E-state index in [4.69, 9.17) is 0 Å². The maximum Gasteiger partial charge on any atom is 0.225 e. The van der Waals surface area contributed by atoms with E-state index in [1.807, 2.05) is 17.9 Å². The minimum Gasteiger partial charge on any atom is -0.353 e. The molecule has 3 rings (SSSR count). The van der Waals surface area contributed by atoms with E-state index in [1.54, 1.807) is 6.33 Å². The summed E-state index contributed by atoms with van der Waals surface area (Å²) in [5.74, 6) is 1.66. The number of carbonyl (C=O) groups excluding carboxylic acids is 1. The third-order valence-electron chi connectivity index (χ3n) is 3.63. The molecule has 0 aromatic carbocycles. The maximum absolute atomic E-state index is 11.9. The van der Waals surface area contributed by atoms with E-state index in [1.165, 1.54) is 0 Å². The Labute approximate surface area is 107 Å². The Morgan fingerprint density at radius 1 is 1.22 bits per heavy atom. The average molecular weight is 246 g/mol. The van der Waals surface area contributed by atoms with Gasteiger partial charge in [0.2, 0.25) is 5.91 Å². The summed E-state index contributed by atoms with van der Waals surface area (Å²) in [6.45, 7) is 5.35. The van der Waals surface area contributed by atoms with Gasteiger partial charge in [0.1, 0.15) is 12.1 Å². The van der Waals surface area contributed by atoms with Gasteiger partial charge >= 0.3 is 0 Å². The summed E-state index contributed by atoms with van der Waals surface area (Å²) >= 11 is 0. The number of hydrogen-bond acceptors (Lipinski definition) is 4. The summed E-state index contributed by atoms with van der Waals surface area (Å²) in [7, 11) is 0. The molecule has 2 heterocycles. The van der Waals surface area contributed by atoms with Crippen molar-refractivity contribution in [2.45, 2.75) is 19.8 Å². The van der Waals surface area contributed by atoms with Crippen molar-refractivity contribution in [2.75, 3.05) is 31.1 Å². The van der Waals surface area contributed by atoms with Crippen LogP contribution in [0.3, 0.4) is 0 Å². The first-order valence-corrected chi connectivity index (χ1v) is 6.56. The predicted molar refractivity (Wildman–Crippen MR) is 68.3 cm³/mol. The van der Waals surface area contributed by atoms with Crippen LogP contribution >= 0.6 is 0 Å². The Hall–Kier alpha value is -1.65. The van der Waals surface area contributed by atoms with Crippen molar-refractivity contribution >= 4 is 11.7 Å². The molecule has 1 amide bonds. The Balaban J connectivity index is 1.61. The van der Waals surface area contributed by atoms with E-state index in [0.717, 1.165) is 50.5 Å². The molecule has 1 aromatic heterocycles. The second-order valence-electron chi connectivity index (χ2n) is 5.10. The zero-order valence-electron chi connectivity index (χ0n) is 10.7. The van der Waals surface area contributed by atoms with Crippen molar-refractivity contribution in [3.63, 3.8) is 0 Å². The standard InChI is InChI=1S/C13H18N4O/c1-10-8-12(15-9-14-10)16-4-6-17(7-5-16)13(18)11-2-3-11/h8-9,11H,2-7H2,1H3. The summed E-state index contributed by atoms with van der Waals surface area (Å²) in [5, 5.41) is 0. The summed E-state index contributed by atoms with van der Waals surface area (Å²) in [4.78, 5) is 24.6. The first-order valence-electron chi connectivity index (χ1n) is 6.56. The lowest BCUT2D eigenvalue weighted by Crippen LogP contribution is -2.49. The van der Waals surface area contributed by atoms with Gasteiger partial charge in [0.25, 0.3) is 0 Å². The van der Waals surface area contributed by atoms with Crippen LogP contribution in [0.15, 0.2) is 12.4 Å². The minimum absolute atomic E-state index is 0.331. The first kappa shape index (κ1) is 11.4. The molecule has 2 fully saturated rings. The van der Waals surface area contributed by atoms with Gasteiger partial charge in [-0.05, 0) is 19.8 Å². The smallest absolute Gasteiger partial charge is 0.225 e. The molecule has 0 atom stereocenters. The van der Waals surface area contributed by atoms with Crippen LogP contribution in [0.4, 0.5) is 5.82 Å². The zero-order chi connectivity index (χ0) is 12.5. The third-order valence-corrected chi connectivity index (χ3v) is 3.63. The van der Waals surface area contributed by atoms with Gasteiger partial charge in [-0.25, -0.2) is 9.97 Å². The van der Waals surface area contributed by atoms with E-state index in [2.05, 4.69) is 14.9 Å². The van der Waals surface area contributed by atoms with Crippen LogP contribution < -0.4 is 4.90 Å². The third kappa shape index (κ3) is 2.30. The SMILES string of the molecule is Cc1cc(N2CCN(C(=O)C3CC3)CC2)ncn1. The molecule has 1 aliphatic carbocycles. The molecule has 96 valence electrons. The fourth-order valence-corrected chi connectivity index (χ4v) is 2.36. The van der Waals surface area contributed by atoms with Gasteiger partial charge < -0.3 is 9.80 Å². The van der Waals surface area contributed by atoms with Gasteiger partial charge in [-0.1, -0.05) is 0 Å². The predicted octanol–water partition coefficient (Wildman–Crippen LogP) is 0.844. The molecule has 1 saturated carbocycles. The number of aromatic nitrogens is 2. The number of carbonyl (C=O) groups is 1. The molecule has 0 N–H and O–H groups in total. The van der Waals surface area contributed by atoms with Gasteiger partial charge in [0.15, 0.2) is 0 Å². The summed E-state index contributed by atoms with van der Waals surface area (Å²) in [5.41, 5.74) is 0.983. The van der Waals surface area contributed by atoms with Crippen molar-refractivity contribution in [1.82, 2.24) is 14.9 Å². The van der Waals surface area contributed by atoms with Gasteiger partial charge in [0, 0.05) is 43.9 Å². The van der Waals surface area contributed by atoms with E-state index in [0.29, 0.717) is 11.8 Å². The zero-order valence-corrected chi connectivity index (χ0v) is 10.7. The number of hydrogen-bond donors (Lipinski definition) is 0. The Morgan fingerprint density at radius 2 is 1.94 bits per heavy atom. The Kier molecular flexibility index (Phi) is 2.89. The van der Waals surface area contributed by atoms with Crippen molar-refractivity contribution < 1.29 is 4.79 Å². The quantitative estimate of drug-likeness (QED) is 0.776. The number of amides is 1. The summed E-state index contributed by atoms with van der Waals surface area (Å²) in [6, 6.07) is 2.00. The molecule has 0 unspecified atom stereocenters. The maximum atomic E-state index is 11.9. The fraction of sp³-hybridized carbons (Fsp3) is 0.615. The molecule has 0 spiro atoms. The number of rotatable bonds is 2. The lowest BCUT2D eigenvalue weighted by atomic mass is 10.2. The molecule has 5 nitrogen and oxygen atoms in total. The van der Waals surface area contributed by atoms with Crippen LogP contribution in [0, 0.1) is 12.8 Å². The Morgan fingerprint density at radius 3 is 2.56 bits per heavy atom. The fourth-order valence-electron chi connectivity index (χ4n) is 2.36. The lowest BCUT2D eigenvalue weighted by Gasteiger charge is -2.35. The van der Waals surface area contributed by atoms with Gasteiger partial charge in [-0.2, -0.15) is 0 Å². The second kappa shape index (κ2) is 4.55. The van der Waals surface area contributed by atoms with Gasteiger partial charge in [0.05, 0.1) is 0 Å². The van der Waals surface area contributed by atoms with Crippen LogP contribution in [-0.4, -0.2) is 47.0 Å². The summed E-state index contributed by atoms with van der Waals surface area (Å²) in [6.07, 6.45) is 3.78. The molecular formula is C13H18N4O. The van der Waals surface area contributed by atoms with E-state index in [9.17, 15) is 4.79 Å². The van der Waals surface area contributed by atoms with E-state index >= 15 is 0 Å². The van der Waals surface area contributed by atoms with Crippen molar-refractivity contribution in [2.24, 2.45) is 5.92 Å². The normalized spacial score (nSPS) is 20.1. The molecule has 0 bridgehead atoms. The lowest BCUT2D eigenvalue weighted by molar-refractivity contribution is -0.132. The van der Waals surface area contributed by atoms with Crippen LogP contribution in [0.25, 0.3) is 0 Å². The molecule has 18 heavy (non-hydrogen) atoms. The monoisotopic (exact) mass is 246 g/mol. The minimum atomic E-state index is 0.331. The number of piperazine rings is 1. The van der Waals surface area contributed by atoms with Crippen LogP contribution in [-0.2, 0) is 4.79 Å². The van der Waals surface area contributed by atoms with Crippen LogP contribution in [0.5, 0.6) is 0 Å². The van der Waals surface area contributed by atoms with Gasteiger partial charge in [-0.3, -0.25) is 4.79 Å². The molecular weight excluding hydrogens is 228 g/mol. The molecule has 2 aliphatic rings. The van der Waals surface area contributed by atoms with Crippen LogP contribution in [0.1, 0.15) is 18.5 Å². The highest BCUT2D eigenvalue weighted by Crippen LogP contribution is 2.31. The van der Waals surface area contributed by atoms with Crippen molar-refractivity contribution in [3.05, 3.63) is 18.1 Å². The molecule has 1 aromatic rings. The molecule has 0 radical (unpaired) electrons. The molecule has 1 aliphatic heterocycles.